The van der Waals surface area contributed by atoms with Crippen molar-refractivity contribution < 1.29 is 14.3 Å². The van der Waals surface area contributed by atoms with Crippen LogP contribution in [0.5, 0.6) is 0 Å². The number of hydrogen-bond donors (Lipinski definition) is 1. The molecule has 0 saturated heterocycles. The van der Waals surface area contributed by atoms with Crippen molar-refractivity contribution in [1.82, 2.24) is 20.2 Å². The molecule has 0 spiro atoms. The van der Waals surface area contributed by atoms with E-state index < -0.39 is 5.97 Å². The Kier molecular flexibility index (Phi) is 4.10. The lowest BCUT2D eigenvalue weighted by Crippen LogP contribution is -2.11. The molecule has 19 heavy (non-hydrogen) atoms. The molecule has 6 nitrogen and oxygen atoms in total. The van der Waals surface area contributed by atoms with Crippen molar-refractivity contribution in [3.05, 3.63) is 35.1 Å². The third-order valence-corrected chi connectivity index (χ3v) is 3.46. The van der Waals surface area contributed by atoms with E-state index in [1.807, 2.05) is 6.92 Å². The summed E-state index contributed by atoms with van der Waals surface area (Å²) >= 11 is 1.27. The summed E-state index contributed by atoms with van der Waals surface area (Å²) in [6.45, 7) is 1.59. The van der Waals surface area contributed by atoms with E-state index in [9.17, 15) is 9.18 Å². The van der Waals surface area contributed by atoms with E-state index in [-0.39, 0.29) is 12.4 Å². The zero-order valence-electron chi connectivity index (χ0n) is 10.1. The van der Waals surface area contributed by atoms with Crippen molar-refractivity contribution in [2.45, 2.75) is 24.4 Å². The average Bonchev–Trinajstić information content (AvgIpc) is 2.77. The molecule has 0 radical (unpaired) electrons. The number of aryl methyl sites for hydroxylation is 1. The second-order valence-corrected chi connectivity index (χ2v) is 4.81. The van der Waals surface area contributed by atoms with E-state index in [1.165, 1.54) is 28.6 Å². The quantitative estimate of drug-likeness (QED) is 0.837. The number of benzene rings is 1. The van der Waals surface area contributed by atoms with Crippen molar-refractivity contribution in [3.63, 3.8) is 0 Å². The number of aromatic nitrogens is 4. The molecule has 1 N–H and O–H groups in total. The number of carboxylic acids is 1. The second-order valence-electron chi connectivity index (χ2n) is 3.87. The summed E-state index contributed by atoms with van der Waals surface area (Å²) in [4.78, 5) is 10.6. The fourth-order valence-electron chi connectivity index (χ4n) is 1.47. The van der Waals surface area contributed by atoms with Crippen LogP contribution in [0.1, 0.15) is 11.1 Å². The van der Waals surface area contributed by atoms with Gasteiger partial charge >= 0.3 is 5.97 Å². The lowest BCUT2D eigenvalue weighted by atomic mass is 10.1. The third-order valence-electron chi connectivity index (χ3n) is 2.45. The number of tetrazole rings is 1. The minimum Gasteiger partial charge on any atom is -0.480 e. The smallest absolute Gasteiger partial charge is 0.325 e. The largest absolute Gasteiger partial charge is 0.480 e. The Balaban J connectivity index is 2.08. The molecule has 2 aromatic rings. The standard InChI is InChI=1S/C11H11FN4O2S/c1-7-2-3-9(12)4-8(7)6-19-11-13-14-15-16(11)5-10(17)18/h2-4H,5-6H2,1H3,(H,17,18). The number of carbonyl (C=O) groups is 1. The van der Waals surface area contributed by atoms with E-state index in [1.54, 1.807) is 6.07 Å². The first kappa shape index (κ1) is 13.5. The molecule has 1 heterocycles. The molecule has 0 atom stereocenters. The fraction of sp³-hybridized carbons (Fsp3) is 0.273. The molecule has 0 fully saturated rings. The van der Waals surface area contributed by atoms with Crippen LogP contribution in [0.25, 0.3) is 0 Å². The number of aliphatic carboxylic acids is 1. The maximum absolute atomic E-state index is 13.1. The first-order valence-corrected chi connectivity index (χ1v) is 6.40. The van der Waals surface area contributed by atoms with Gasteiger partial charge in [0.05, 0.1) is 0 Å². The SMILES string of the molecule is Cc1ccc(F)cc1CSc1nnnn1CC(=O)O. The highest BCUT2D eigenvalue weighted by molar-refractivity contribution is 7.98. The minimum atomic E-state index is -1.02. The van der Waals surface area contributed by atoms with Crippen LogP contribution in [0.15, 0.2) is 23.4 Å². The lowest BCUT2D eigenvalue weighted by Gasteiger charge is -2.05. The molecule has 0 unspecified atom stereocenters. The van der Waals surface area contributed by atoms with Crippen LogP contribution in [0.4, 0.5) is 4.39 Å². The highest BCUT2D eigenvalue weighted by atomic mass is 32.2. The number of carboxylic acid groups (broad SMARTS) is 1. The van der Waals surface area contributed by atoms with Crippen molar-refractivity contribution in [2.75, 3.05) is 0 Å². The molecular weight excluding hydrogens is 271 g/mol. The Morgan fingerprint density at radius 1 is 1.53 bits per heavy atom. The molecule has 0 aliphatic carbocycles. The second kappa shape index (κ2) is 5.79. The predicted octanol–water partition coefficient (Wildman–Crippen LogP) is 1.50. The molecule has 0 saturated carbocycles. The predicted molar refractivity (Wildman–Crippen MR) is 66.2 cm³/mol. The molecular formula is C11H11FN4O2S. The van der Waals surface area contributed by atoms with Crippen LogP contribution in [-0.4, -0.2) is 31.3 Å². The van der Waals surface area contributed by atoms with Gasteiger partial charge in [0.25, 0.3) is 0 Å². The van der Waals surface area contributed by atoms with Gasteiger partial charge in [-0.25, -0.2) is 9.07 Å². The van der Waals surface area contributed by atoms with Gasteiger partial charge in [-0.15, -0.1) is 5.10 Å². The number of nitrogens with zero attached hydrogens (tertiary/aromatic N) is 4. The van der Waals surface area contributed by atoms with Crippen LogP contribution in [-0.2, 0) is 17.1 Å². The van der Waals surface area contributed by atoms with Crippen molar-refractivity contribution in [1.29, 1.82) is 0 Å². The van der Waals surface area contributed by atoms with Gasteiger partial charge in [-0.2, -0.15) is 0 Å². The molecule has 1 aromatic carbocycles. The molecule has 0 bridgehead atoms. The summed E-state index contributed by atoms with van der Waals surface area (Å²) < 4.78 is 14.3. The number of thioether (sulfide) groups is 1. The average molecular weight is 282 g/mol. The van der Waals surface area contributed by atoms with E-state index in [4.69, 9.17) is 5.11 Å². The summed E-state index contributed by atoms with van der Waals surface area (Å²) in [7, 11) is 0. The Morgan fingerprint density at radius 3 is 3.05 bits per heavy atom. The molecule has 0 aliphatic rings. The van der Waals surface area contributed by atoms with E-state index in [0.29, 0.717) is 10.9 Å². The first-order valence-electron chi connectivity index (χ1n) is 5.42. The summed E-state index contributed by atoms with van der Waals surface area (Å²) in [6, 6.07) is 4.55. The molecule has 1 aromatic heterocycles. The lowest BCUT2D eigenvalue weighted by molar-refractivity contribution is -0.138. The fourth-order valence-corrected chi connectivity index (χ4v) is 2.40. The molecule has 100 valence electrons. The van der Waals surface area contributed by atoms with Gasteiger partial charge in [0.15, 0.2) is 0 Å². The number of halogens is 1. The van der Waals surface area contributed by atoms with Gasteiger partial charge in [0.2, 0.25) is 5.16 Å². The van der Waals surface area contributed by atoms with Gasteiger partial charge in [0.1, 0.15) is 12.4 Å². The van der Waals surface area contributed by atoms with Gasteiger partial charge in [-0.05, 0) is 40.6 Å². The van der Waals surface area contributed by atoms with Gasteiger partial charge in [-0.3, -0.25) is 4.79 Å². The summed E-state index contributed by atoms with van der Waals surface area (Å²) in [5, 5.41) is 19.9. The Morgan fingerprint density at radius 2 is 2.32 bits per heavy atom. The third kappa shape index (κ3) is 3.50. The number of hydrogen-bond acceptors (Lipinski definition) is 5. The normalized spacial score (nSPS) is 10.6. The monoisotopic (exact) mass is 282 g/mol. The van der Waals surface area contributed by atoms with Crippen LogP contribution in [0, 0.1) is 12.7 Å². The van der Waals surface area contributed by atoms with Crippen LogP contribution in [0.2, 0.25) is 0 Å². The van der Waals surface area contributed by atoms with Crippen molar-refractivity contribution in [2.24, 2.45) is 0 Å². The van der Waals surface area contributed by atoms with Gasteiger partial charge in [-0.1, -0.05) is 17.8 Å². The van der Waals surface area contributed by atoms with Crippen LogP contribution >= 0.6 is 11.8 Å². The zero-order valence-corrected chi connectivity index (χ0v) is 10.9. The highest BCUT2D eigenvalue weighted by Crippen LogP contribution is 2.22. The van der Waals surface area contributed by atoms with Crippen LogP contribution < -0.4 is 0 Å². The maximum Gasteiger partial charge on any atom is 0.325 e. The van der Waals surface area contributed by atoms with Gasteiger partial charge in [0, 0.05) is 5.75 Å². The summed E-state index contributed by atoms with van der Waals surface area (Å²) in [5.74, 6) is -0.841. The van der Waals surface area contributed by atoms with Crippen molar-refractivity contribution >= 4 is 17.7 Å². The molecule has 8 heteroatoms. The van der Waals surface area contributed by atoms with Crippen molar-refractivity contribution in [3.8, 4) is 0 Å². The Hall–Kier alpha value is -1.96. The van der Waals surface area contributed by atoms with Gasteiger partial charge < -0.3 is 5.11 Å². The van der Waals surface area contributed by atoms with E-state index in [0.717, 1.165) is 11.1 Å². The Labute approximate surface area is 112 Å². The number of rotatable bonds is 5. The topological polar surface area (TPSA) is 80.9 Å². The van der Waals surface area contributed by atoms with E-state index in [2.05, 4.69) is 15.5 Å². The molecule has 0 aliphatic heterocycles. The Bertz CT molecular complexity index is 602. The first-order chi connectivity index (χ1) is 9.06. The van der Waals surface area contributed by atoms with E-state index >= 15 is 0 Å². The zero-order chi connectivity index (χ0) is 13.8. The molecule has 0 amide bonds. The maximum atomic E-state index is 13.1. The summed E-state index contributed by atoms with van der Waals surface area (Å²) in [5.41, 5.74) is 1.79. The minimum absolute atomic E-state index is 0.294. The molecule has 2 rings (SSSR count). The highest BCUT2D eigenvalue weighted by Gasteiger charge is 2.11. The van der Waals surface area contributed by atoms with Crippen LogP contribution in [0.3, 0.4) is 0 Å². The summed E-state index contributed by atoms with van der Waals surface area (Å²) in [6.07, 6.45) is 0.